The molecule has 0 radical (unpaired) electrons. The molecule has 3 aromatic rings. The molecular weight excluding hydrogens is 424 g/mol. The Morgan fingerprint density at radius 3 is 2.72 bits per heavy atom. The molecule has 4 rings (SSSR count). The number of nitrogens with one attached hydrogen (secondary N) is 1. The van der Waals surface area contributed by atoms with E-state index in [1.807, 2.05) is 57.2 Å². The fourth-order valence-corrected chi connectivity index (χ4v) is 4.41. The highest BCUT2D eigenvalue weighted by atomic mass is 35.5. The number of hydrogen-bond acceptors (Lipinski definition) is 4. The maximum Gasteiger partial charge on any atom is 0.407 e. The molecular formula is C25H31ClN4O2. The molecule has 0 bridgehead atoms. The molecule has 1 amide bonds. The molecule has 7 heteroatoms. The van der Waals surface area contributed by atoms with E-state index in [2.05, 4.69) is 26.9 Å². The summed E-state index contributed by atoms with van der Waals surface area (Å²) in [6.45, 7) is 8.65. The number of anilines is 1. The van der Waals surface area contributed by atoms with E-state index in [9.17, 15) is 4.79 Å². The number of imidazole rings is 1. The molecule has 1 aliphatic heterocycles. The average molecular weight is 455 g/mol. The van der Waals surface area contributed by atoms with Gasteiger partial charge in [-0.1, -0.05) is 41.9 Å². The number of para-hydroxylation sites is 2. The van der Waals surface area contributed by atoms with Crippen LogP contribution in [0.1, 0.15) is 39.2 Å². The molecule has 1 unspecified atom stereocenters. The highest BCUT2D eigenvalue weighted by molar-refractivity contribution is 6.31. The summed E-state index contributed by atoms with van der Waals surface area (Å²) in [5, 5.41) is 3.70. The third kappa shape index (κ3) is 5.36. The van der Waals surface area contributed by atoms with Crippen molar-refractivity contribution in [2.24, 2.45) is 5.92 Å². The molecule has 6 nitrogen and oxygen atoms in total. The standard InChI is InChI=1S/C25H31ClN4O2/c1-25(2,3)32-24(31)27-15-18-9-8-14-29(16-18)23-28-21-12-6-7-13-22(21)30(23)17-19-10-4-5-11-20(19)26/h4-7,10-13,18H,8-9,14-17H2,1-3H3,(H,27,31). The van der Waals surface area contributed by atoms with Crippen LogP contribution in [0, 0.1) is 5.92 Å². The Balaban J connectivity index is 1.53. The van der Waals surface area contributed by atoms with Crippen molar-refractivity contribution in [3.8, 4) is 0 Å². The van der Waals surface area contributed by atoms with E-state index >= 15 is 0 Å². The van der Waals surface area contributed by atoms with Gasteiger partial charge in [0, 0.05) is 24.7 Å². The van der Waals surface area contributed by atoms with E-state index in [4.69, 9.17) is 21.3 Å². The molecule has 2 aromatic carbocycles. The number of amides is 1. The van der Waals surface area contributed by atoms with E-state index in [-0.39, 0.29) is 6.09 Å². The van der Waals surface area contributed by atoms with Crippen molar-refractivity contribution in [3.05, 3.63) is 59.1 Å². The van der Waals surface area contributed by atoms with E-state index < -0.39 is 5.60 Å². The topological polar surface area (TPSA) is 59.4 Å². The number of benzene rings is 2. The summed E-state index contributed by atoms with van der Waals surface area (Å²) in [6, 6.07) is 16.2. The van der Waals surface area contributed by atoms with Crippen LogP contribution in [0.15, 0.2) is 48.5 Å². The van der Waals surface area contributed by atoms with Gasteiger partial charge in [-0.2, -0.15) is 0 Å². The predicted octanol–water partition coefficient (Wildman–Crippen LogP) is 5.48. The Hall–Kier alpha value is -2.73. The largest absolute Gasteiger partial charge is 0.444 e. The fourth-order valence-electron chi connectivity index (χ4n) is 4.21. The summed E-state index contributed by atoms with van der Waals surface area (Å²) in [5.41, 5.74) is 2.64. The Labute approximate surface area is 194 Å². The smallest absolute Gasteiger partial charge is 0.407 e. The number of aromatic nitrogens is 2. The highest BCUT2D eigenvalue weighted by Gasteiger charge is 2.26. The maximum absolute atomic E-state index is 12.1. The summed E-state index contributed by atoms with van der Waals surface area (Å²) >= 11 is 6.47. The van der Waals surface area contributed by atoms with Gasteiger partial charge in [-0.3, -0.25) is 0 Å². The predicted molar refractivity (Wildman–Crippen MR) is 129 cm³/mol. The SMILES string of the molecule is CC(C)(C)OC(=O)NCC1CCCN(c2nc3ccccc3n2Cc2ccccc2Cl)C1. The summed E-state index contributed by atoms with van der Waals surface area (Å²) in [5.74, 6) is 1.29. The number of carbonyl (C=O) groups is 1. The van der Waals surface area contributed by atoms with E-state index in [1.165, 1.54) is 0 Å². The van der Waals surface area contributed by atoms with Crippen LogP contribution >= 0.6 is 11.6 Å². The minimum atomic E-state index is -0.494. The molecule has 1 saturated heterocycles. The van der Waals surface area contributed by atoms with Crippen molar-refractivity contribution in [2.75, 3.05) is 24.5 Å². The minimum absolute atomic E-state index is 0.338. The molecule has 1 aromatic heterocycles. The van der Waals surface area contributed by atoms with Gasteiger partial charge < -0.3 is 19.5 Å². The number of hydrogen-bond donors (Lipinski definition) is 1. The number of halogens is 1. The highest BCUT2D eigenvalue weighted by Crippen LogP contribution is 2.29. The zero-order valence-electron chi connectivity index (χ0n) is 19.0. The molecule has 2 heterocycles. The maximum atomic E-state index is 12.1. The van der Waals surface area contributed by atoms with Gasteiger partial charge in [0.1, 0.15) is 5.60 Å². The van der Waals surface area contributed by atoms with Crippen LogP contribution in [0.2, 0.25) is 5.02 Å². The molecule has 1 atom stereocenters. The lowest BCUT2D eigenvalue weighted by Gasteiger charge is -2.34. The van der Waals surface area contributed by atoms with Gasteiger partial charge in [0.15, 0.2) is 0 Å². The molecule has 1 fully saturated rings. The zero-order valence-corrected chi connectivity index (χ0v) is 19.7. The van der Waals surface area contributed by atoms with Gasteiger partial charge in [0.2, 0.25) is 5.95 Å². The Kier molecular flexibility index (Phi) is 6.60. The summed E-state index contributed by atoms with van der Waals surface area (Å²) < 4.78 is 7.63. The van der Waals surface area contributed by atoms with Crippen LogP contribution < -0.4 is 10.2 Å². The van der Waals surface area contributed by atoms with Crippen molar-refractivity contribution >= 4 is 34.7 Å². The first kappa shape index (κ1) is 22.5. The number of nitrogens with zero attached hydrogens (tertiary/aromatic N) is 3. The van der Waals surface area contributed by atoms with Gasteiger partial charge in [-0.15, -0.1) is 0 Å². The number of ether oxygens (including phenoxy) is 1. The molecule has 1 N–H and O–H groups in total. The lowest BCUT2D eigenvalue weighted by Crippen LogP contribution is -2.43. The second-order valence-electron chi connectivity index (χ2n) is 9.42. The molecule has 1 aliphatic rings. The number of rotatable bonds is 5. The Morgan fingerprint density at radius 1 is 1.19 bits per heavy atom. The first-order valence-electron chi connectivity index (χ1n) is 11.2. The Morgan fingerprint density at radius 2 is 1.94 bits per heavy atom. The lowest BCUT2D eigenvalue weighted by molar-refractivity contribution is 0.0517. The van der Waals surface area contributed by atoms with E-state index in [0.29, 0.717) is 19.0 Å². The second-order valence-corrected chi connectivity index (χ2v) is 9.82. The van der Waals surface area contributed by atoms with Gasteiger partial charge in [-0.05, 0) is 63.3 Å². The van der Waals surface area contributed by atoms with Gasteiger partial charge >= 0.3 is 6.09 Å². The fraction of sp³-hybridized carbons (Fsp3) is 0.440. The van der Waals surface area contributed by atoms with Crippen molar-refractivity contribution in [2.45, 2.75) is 45.8 Å². The van der Waals surface area contributed by atoms with Crippen molar-refractivity contribution in [3.63, 3.8) is 0 Å². The van der Waals surface area contributed by atoms with Crippen molar-refractivity contribution < 1.29 is 9.53 Å². The van der Waals surface area contributed by atoms with Crippen LogP contribution in [0.3, 0.4) is 0 Å². The average Bonchev–Trinajstić information content (AvgIpc) is 3.11. The van der Waals surface area contributed by atoms with Crippen LogP contribution in [-0.4, -0.2) is 40.9 Å². The number of alkyl carbamates (subject to hydrolysis) is 1. The number of fused-ring (bicyclic) bond motifs is 1. The first-order chi connectivity index (χ1) is 15.3. The molecule has 32 heavy (non-hydrogen) atoms. The first-order valence-corrected chi connectivity index (χ1v) is 11.6. The van der Waals surface area contributed by atoms with Crippen molar-refractivity contribution in [1.82, 2.24) is 14.9 Å². The van der Waals surface area contributed by atoms with Crippen LogP contribution in [-0.2, 0) is 11.3 Å². The van der Waals surface area contributed by atoms with E-state index in [0.717, 1.165) is 53.5 Å². The van der Waals surface area contributed by atoms with Gasteiger partial charge in [0.25, 0.3) is 0 Å². The third-order valence-corrected chi connectivity index (χ3v) is 6.03. The summed E-state index contributed by atoms with van der Waals surface area (Å²) in [6.07, 6.45) is 1.76. The van der Waals surface area contributed by atoms with Gasteiger partial charge in [-0.25, -0.2) is 9.78 Å². The molecule has 170 valence electrons. The van der Waals surface area contributed by atoms with Crippen LogP contribution in [0.5, 0.6) is 0 Å². The quantitative estimate of drug-likeness (QED) is 0.554. The van der Waals surface area contributed by atoms with E-state index in [1.54, 1.807) is 0 Å². The monoisotopic (exact) mass is 454 g/mol. The Bertz CT molecular complexity index is 1090. The minimum Gasteiger partial charge on any atom is -0.444 e. The summed E-state index contributed by atoms with van der Waals surface area (Å²) in [4.78, 5) is 19.4. The lowest BCUT2D eigenvalue weighted by atomic mass is 9.98. The number of carbonyl (C=O) groups excluding carboxylic acids is 1. The zero-order chi connectivity index (χ0) is 22.7. The van der Waals surface area contributed by atoms with Crippen molar-refractivity contribution in [1.29, 1.82) is 0 Å². The normalized spacial score (nSPS) is 16.9. The molecule has 0 aliphatic carbocycles. The van der Waals surface area contributed by atoms with Crippen LogP contribution in [0.4, 0.5) is 10.7 Å². The number of piperidine rings is 1. The summed E-state index contributed by atoms with van der Waals surface area (Å²) in [7, 11) is 0. The second kappa shape index (κ2) is 9.41. The molecule has 0 saturated carbocycles. The van der Waals surface area contributed by atoms with Gasteiger partial charge in [0.05, 0.1) is 17.6 Å². The third-order valence-electron chi connectivity index (χ3n) is 5.66. The molecule has 0 spiro atoms. The van der Waals surface area contributed by atoms with Crippen LogP contribution in [0.25, 0.3) is 11.0 Å².